The van der Waals surface area contributed by atoms with E-state index in [0.717, 1.165) is 0 Å². The van der Waals surface area contributed by atoms with Crippen molar-refractivity contribution in [3.63, 3.8) is 0 Å². The molecule has 0 saturated heterocycles. The Hall–Kier alpha value is -1.90. The molecule has 17 heavy (non-hydrogen) atoms. The topological polar surface area (TPSA) is 101 Å². The number of sulfonamides is 1. The lowest BCUT2D eigenvalue weighted by Crippen LogP contribution is -2.37. The number of halogens is 2. The zero-order valence-corrected chi connectivity index (χ0v) is 9.44. The van der Waals surface area contributed by atoms with Crippen molar-refractivity contribution in [3.8, 4) is 0 Å². The van der Waals surface area contributed by atoms with Crippen molar-refractivity contribution < 1.29 is 22.0 Å². The molecule has 2 amide bonds. The van der Waals surface area contributed by atoms with E-state index in [1.54, 1.807) is 0 Å². The van der Waals surface area contributed by atoms with Gasteiger partial charge in [0.25, 0.3) is 10.0 Å². The van der Waals surface area contributed by atoms with Crippen LogP contribution in [0.4, 0.5) is 19.3 Å². The summed E-state index contributed by atoms with van der Waals surface area (Å²) in [6.45, 7) is 0. The third-order valence-corrected chi connectivity index (χ3v) is 3.18. The van der Waals surface area contributed by atoms with Crippen LogP contribution in [0.1, 0.15) is 0 Å². The highest BCUT2D eigenvalue weighted by atomic mass is 32.2. The van der Waals surface area contributed by atoms with E-state index in [9.17, 15) is 22.0 Å². The molecule has 0 aliphatic rings. The predicted octanol–water partition coefficient (Wildman–Crippen LogP) is 0.165. The van der Waals surface area contributed by atoms with Gasteiger partial charge in [0.05, 0.1) is 0 Å². The molecule has 6 nitrogen and oxygen atoms in total. The molecule has 0 saturated carbocycles. The van der Waals surface area contributed by atoms with Gasteiger partial charge in [-0.3, -0.25) is 0 Å². The van der Waals surface area contributed by atoms with Gasteiger partial charge in [0.2, 0.25) is 0 Å². The fourth-order valence-electron chi connectivity index (χ4n) is 0.985. The Labute approximate surface area is 95.9 Å². The molecular weight excluding hydrogens is 256 g/mol. The molecule has 0 aliphatic carbocycles. The van der Waals surface area contributed by atoms with Crippen molar-refractivity contribution in [3.05, 3.63) is 23.8 Å². The molecule has 1 aromatic rings. The van der Waals surface area contributed by atoms with Crippen LogP contribution in [0.2, 0.25) is 0 Å². The predicted molar refractivity (Wildman–Crippen MR) is 55.5 cm³/mol. The third kappa shape index (κ3) is 2.61. The van der Waals surface area contributed by atoms with Crippen molar-refractivity contribution >= 4 is 21.7 Å². The number of hydrogen-bond acceptors (Lipinski definition) is 4. The molecule has 94 valence electrons. The summed E-state index contributed by atoms with van der Waals surface area (Å²) in [6, 6.07) is 0.315. The summed E-state index contributed by atoms with van der Waals surface area (Å²) < 4.78 is 50.7. The van der Waals surface area contributed by atoms with Gasteiger partial charge in [-0.15, -0.1) is 0 Å². The van der Waals surface area contributed by atoms with Crippen LogP contribution in [0.25, 0.3) is 0 Å². The first-order valence-electron chi connectivity index (χ1n) is 4.27. The summed E-state index contributed by atoms with van der Waals surface area (Å²) >= 11 is 0. The summed E-state index contributed by atoms with van der Waals surface area (Å²) in [5.41, 5.74) is 4.07. The van der Waals surface area contributed by atoms with Crippen molar-refractivity contribution in [1.29, 1.82) is 0 Å². The Morgan fingerprint density at radius 2 is 1.94 bits per heavy atom. The molecule has 4 N–H and O–H groups in total. The number of nitrogens with one attached hydrogen (secondary N) is 2. The first kappa shape index (κ1) is 13.2. The van der Waals surface area contributed by atoms with E-state index in [0.29, 0.717) is 12.1 Å². The molecule has 1 aromatic carbocycles. The first-order valence-corrected chi connectivity index (χ1v) is 5.76. The largest absolute Gasteiger partial charge is 0.394 e. The SMILES string of the molecule is CNC(=O)NS(=O)(=O)c1ccc(F)c(N)c1F. The maximum Gasteiger partial charge on any atom is 0.328 e. The zero-order valence-electron chi connectivity index (χ0n) is 8.62. The smallest absolute Gasteiger partial charge is 0.328 e. The van der Waals surface area contributed by atoms with Crippen LogP contribution in [-0.4, -0.2) is 21.5 Å². The number of nitrogens with two attached hydrogens (primary N) is 1. The van der Waals surface area contributed by atoms with E-state index in [1.807, 2.05) is 5.32 Å². The first-order chi connectivity index (χ1) is 7.79. The molecule has 0 bridgehead atoms. The second-order valence-corrected chi connectivity index (χ2v) is 4.61. The van der Waals surface area contributed by atoms with Crippen LogP contribution in [0, 0.1) is 11.6 Å². The third-order valence-electron chi connectivity index (χ3n) is 1.83. The quantitative estimate of drug-likeness (QED) is 0.663. The van der Waals surface area contributed by atoms with Crippen molar-refractivity contribution in [2.24, 2.45) is 0 Å². The standard InChI is InChI=1S/C8H9F2N3O3S/c1-12-8(14)13-17(15,16)5-3-2-4(9)7(11)6(5)10/h2-3H,11H2,1H3,(H2,12,13,14). The average Bonchev–Trinajstić information content (AvgIpc) is 2.24. The van der Waals surface area contributed by atoms with Crippen LogP contribution in [-0.2, 0) is 10.0 Å². The van der Waals surface area contributed by atoms with Crippen LogP contribution in [0.15, 0.2) is 17.0 Å². The lowest BCUT2D eigenvalue weighted by molar-refractivity contribution is 0.247. The van der Waals surface area contributed by atoms with Crippen molar-refractivity contribution in [2.45, 2.75) is 4.90 Å². The molecule has 1 rings (SSSR count). The molecule has 0 radical (unpaired) electrons. The van der Waals surface area contributed by atoms with Gasteiger partial charge >= 0.3 is 6.03 Å². The van der Waals surface area contributed by atoms with Gasteiger partial charge in [-0.1, -0.05) is 0 Å². The Kier molecular flexibility index (Phi) is 3.51. The number of hydrogen-bond donors (Lipinski definition) is 3. The monoisotopic (exact) mass is 265 g/mol. The van der Waals surface area contributed by atoms with E-state index < -0.39 is 38.3 Å². The second-order valence-electron chi connectivity index (χ2n) is 2.96. The Morgan fingerprint density at radius 1 is 1.35 bits per heavy atom. The summed E-state index contributed by atoms with van der Waals surface area (Å²) in [7, 11) is -3.24. The molecule has 0 aliphatic heterocycles. The highest BCUT2D eigenvalue weighted by molar-refractivity contribution is 7.90. The number of anilines is 1. The van der Waals surface area contributed by atoms with E-state index in [-0.39, 0.29) is 0 Å². The summed E-state index contributed by atoms with van der Waals surface area (Å²) in [4.78, 5) is 9.93. The molecule has 9 heteroatoms. The number of nitrogen functional groups attached to an aromatic ring is 1. The number of benzene rings is 1. The summed E-state index contributed by atoms with van der Waals surface area (Å²) in [5, 5.41) is 1.98. The highest BCUT2D eigenvalue weighted by Gasteiger charge is 2.24. The zero-order chi connectivity index (χ0) is 13.2. The van der Waals surface area contributed by atoms with E-state index in [1.165, 1.54) is 11.8 Å². The maximum absolute atomic E-state index is 13.4. The fourth-order valence-corrected chi connectivity index (χ4v) is 2.03. The Balaban J connectivity index is 3.26. The molecule has 0 heterocycles. The second kappa shape index (κ2) is 4.53. The lowest BCUT2D eigenvalue weighted by atomic mass is 10.3. The minimum atomic E-state index is -4.43. The van der Waals surface area contributed by atoms with Crippen LogP contribution in [0.3, 0.4) is 0 Å². The molecule has 0 aromatic heterocycles. The molecule has 0 spiro atoms. The number of amides is 2. The van der Waals surface area contributed by atoms with E-state index in [4.69, 9.17) is 5.73 Å². The molecule has 0 fully saturated rings. The number of carbonyl (C=O) groups excluding carboxylic acids is 1. The minimum Gasteiger partial charge on any atom is -0.394 e. The number of carbonyl (C=O) groups is 1. The van der Waals surface area contributed by atoms with Crippen LogP contribution in [0.5, 0.6) is 0 Å². The number of rotatable bonds is 2. The van der Waals surface area contributed by atoms with Crippen LogP contribution >= 0.6 is 0 Å². The van der Waals surface area contributed by atoms with Gasteiger partial charge in [0.15, 0.2) is 5.82 Å². The Morgan fingerprint density at radius 3 is 2.47 bits per heavy atom. The van der Waals surface area contributed by atoms with Gasteiger partial charge < -0.3 is 11.1 Å². The van der Waals surface area contributed by atoms with Crippen LogP contribution < -0.4 is 15.8 Å². The van der Waals surface area contributed by atoms with Crippen molar-refractivity contribution in [2.75, 3.05) is 12.8 Å². The fraction of sp³-hybridized carbons (Fsp3) is 0.125. The summed E-state index contributed by atoms with van der Waals surface area (Å²) in [6.07, 6.45) is 0. The minimum absolute atomic E-state index is 0.673. The number of urea groups is 1. The Bertz CT molecular complexity index is 559. The summed E-state index contributed by atoms with van der Waals surface area (Å²) in [5.74, 6) is -2.53. The molecule has 0 atom stereocenters. The maximum atomic E-state index is 13.4. The van der Waals surface area contributed by atoms with Crippen molar-refractivity contribution in [1.82, 2.24) is 10.0 Å². The average molecular weight is 265 g/mol. The van der Waals surface area contributed by atoms with Gasteiger partial charge in [-0.25, -0.2) is 26.7 Å². The van der Waals surface area contributed by atoms with Gasteiger partial charge in [0, 0.05) is 7.05 Å². The lowest BCUT2D eigenvalue weighted by Gasteiger charge is -2.08. The highest BCUT2D eigenvalue weighted by Crippen LogP contribution is 2.22. The molecular formula is C8H9F2N3O3S. The van der Waals surface area contributed by atoms with Gasteiger partial charge in [-0.05, 0) is 12.1 Å². The van der Waals surface area contributed by atoms with E-state index in [2.05, 4.69) is 0 Å². The normalized spacial score (nSPS) is 11.0. The molecule has 0 unspecified atom stereocenters. The van der Waals surface area contributed by atoms with E-state index >= 15 is 0 Å². The van der Waals surface area contributed by atoms with Gasteiger partial charge in [0.1, 0.15) is 16.4 Å². The van der Waals surface area contributed by atoms with Gasteiger partial charge in [-0.2, -0.15) is 0 Å².